The molecule has 4 heteroatoms. The number of benzene rings is 1. The van der Waals surface area contributed by atoms with Crippen LogP contribution in [-0.4, -0.2) is 5.78 Å². The van der Waals surface area contributed by atoms with E-state index in [2.05, 4.69) is 15.9 Å². The molecule has 0 N–H and O–H groups in total. The van der Waals surface area contributed by atoms with E-state index in [1.165, 1.54) is 18.2 Å². The van der Waals surface area contributed by atoms with E-state index in [1.807, 2.05) is 12.1 Å². The molecular formula is C11H7BrCl2O. The molecule has 1 nitrogen and oxygen atoms in total. The van der Waals surface area contributed by atoms with Gasteiger partial charge in [-0.2, -0.15) is 0 Å². The van der Waals surface area contributed by atoms with E-state index in [-0.39, 0.29) is 10.3 Å². The highest BCUT2D eigenvalue weighted by atomic mass is 79.9. The Kier molecular flexibility index (Phi) is 5.09. The van der Waals surface area contributed by atoms with Crippen molar-refractivity contribution >= 4 is 44.9 Å². The lowest BCUT2D eigenvalue weighted by molar-refractivity contribution is 0.104. The van der Waals surface area contributed by atoms with E-state index in [4.69, 9.17) is 23.2 Å². The van der Waals surface area contributed by atoms with Gasteiger partial charge in [0.15, 0.2) is 5.78 Å². The molecule has 1 rings (SSSR count). The van der Waals surface area contributed by atoms with Gasteiger partial charge in [0.25, 0.3) is 0 Å². The van der Waals surface area contributed by atoms with Crippen LogP contribution in [0.5, 0.6) is 0 Å². The highest BCUT2D eigenvalue weighted by Gasteiger charge is 1.99. The summed E-state index contributed by atoms with van der Waals surface area (Å²) < 4.78 is 1.06. The molecular weight excluding hydrogens is 299 g/mol. The Bertz CT molecular complexity index is 403. The molecule has 78 valence electrons. The maximum absolute atomic E-state index is 11.5. The molecule has 0 unspecified atom stereocenters. The van der Waals surface area contributed by atoms with Crippen LogP contribution >= 0.6 is 39.1 Å². The molecule has 0 aliphatic heterocycles. The smallest absolute Gasteiger partial charge is 0.185 e. The molecule has 15 heavy (non-hydrogen) atoms. The van der Waals surface area contributed by atoms with Crippen LogP contribution < -0.4 is 0 Å². The minimum Gasteiger partial charge on any atom is -0.289 e. The third-order valence-corrected chi connectivity index (χ3v) is 2.38. The Morgan fingerprint density at radius 2 is 1.80 bits per heavy atom. The van der Waals surface area contributed by atoms with E-state index in [9.17, 15) is 4.79 Å². The van der Waals surface area contributed by atoms with Crippen molar-refractivity contribution in [2.45, 2.75) is 0 Å². The van der Waals surface area contributed by atoms with Gasteiger partial charge in [-0.15, -0.1) is 0 Å². The van der Waals surface area contributed by atoms with Crippen molar-refractivity contribution in [3.63, 3.8) is 0 Å². The highest BCUT2D eigenvalue weighted by molar-refractivity contribution is 9.10. The van der Waals surface area contributed by atoms with Gasteiger partial charge in [0, 0.05) is 10.0 Å². The van der Waals surface area contributed by atoms with Crippen molar-refractivity contribution in [3.8, 4) is 0 Å². The molecule has 0 saturated heterocycles. The van der Waals surface area contributed by atoms with Crippen LogP contribution in [0, 0.1) is 0 Å². The molecule has 0 fully saturated rings. The molecule has 0 radical (unpaired) electrons. The number of carbonyl (C=O) groups excluding carboxylic acids is 1. The lowest BCUT2D eigenvalue weighted by Crippen LogP contribution is -1.92. The second-order valence-corrected chi connectivity index (χ2v) is 4.61. The summed E-state index contributed by atoms with van der Waals surface area (Å²) in [5, 5.41) is 0. The van der Waals surface area contributed by atoms with Crippen molar-refractivity contribution in [3.05, 3.63) is 57.0 Å². The summed E-state index contributed by atoms with van der Waals surface area (Å²) in [6.07, 6.45) is 4.37. The van der Waals surface area contributed by atoms with Gasteiger partial charge >= 0.3 is 0 Å². The second kappa shape index (κ2) is 6.11. The number of hydrogen-bond donors (Lipinski definition) is 0. The summed E-state index contributed by atoms with van der Waals surface area (Å²) in [4.78, 5) is 11.5. The number of hydrogen-bond acceptors (Lipinski definition) is 1. The average Bonchev–Trinajstić information content (AvgIpc) is 2.18. The van der Waals surface area contributed by atoms with Crippen molar-refractivity contribution < 1.29 is 4.79 Å². The van der Waals surface area contributed by atoms with Crippen LogP contribution in [0.1, 0.15) is 10.4 Å². The van der Waals surface area contributed by atoms with Gasteiger partial charge in [0.05, 0.1) is 0 Å². The number of halogens is 3. The third-order valence-electron chi connectivity index (χ3n) is 1.60. The number of rotatable bonds is 3. The Hall–Kier alpha value is -0.570. The monoisotopic (exact) mass is 304 g/mol. The molecule has 0 heterocycles. The fourth-order valence-corrected chi connectivity index (χ4v) is 1.33. The van der Waals surface area contributed by atoms with Crippen molar-refractivity contribution in [2.24, 2.45) is 0 Å². The minimum absolute atomic E-state index is 0.0895. The second-order valence-electron chi connectivity index (χ2n) is 2.69. The molecule has 0 aliphatic carbocycles. The normalized spacial score (nSPS) is 10.3. The largest absolute Gasteiger partial charge is 0.289 e. The van der Waals surface area contributed by atoms with Gasteiger partial charge in [0.1, 0.15) is 4.49 Å². The molecule has 1 aromatic carbocycles. The van der Waals surface area contributed by atoms with E-state index >= 15 is 0 Å². The molecule has 0 bridgehead atoms. The number of allylic oxidation sites excluding steroid dienone is 3. The summed E-state index contributed by atoms with van der Waals surface area (Å²) in [5.74, 6) is -0.0895. The molecule has 0 saturated carbocycles. The maximum atomic E-state index is 11.5. The van der Waals surface area contributed by atoms with Gasteiger partial charge in [-0.1, -0.05) is 45.2 Å². The molecule has 0 amide bonds. The van der Waals surface area contributed by atoms with E-state index in [0.717, 1.165) is 4.47 Å². The van der Waals surface area contributed by atoms with E-state index in [0.29, 0.717) is 5.56 Å². The summed E-state index contributed by atoms with van der Waals surface area (Å²) in [5.41, 5.74) is 0.619. The summed E-state index contributed by atoms with van der Waals surface area (Å²) in [7, 11) is 0. The van der Waals surface area contributed by atoms with Crippen LogP contribution in [0.15, 0.2) is 51.5 Å². The molecule has 0 atom stereocenters. The van der Waals surface area contributed by atoms with Crippen molar-refractivity contribution in [1.82, 2.24) is 0 Å². The first-order valence-corrected chi connectivity index (χ1v) is 5.64. The molecule has 0 aliphatic rings. The van der Waals surface area contributed by atoms with Crippen molar-refractivity contribution in [2.75, 3.05) is 0 Å². The van der Waals surface area contributed by atoms with Gasteiger partial charge in [-0.05, 0) is 36.4 Å². The SMILES string of the molecule is O=C(/C=C/C=C(Cl)Cl)c1ccc(Br)cc1. The van der Waals surface area contributed by atoms with Crippen LogP contribution in [0.25, 0.3) is 0 Å². The Balaban J connectivity index is 2.74. The van der Waals surface area contributed by atoms with Crippen LogP contribution in [0.3, 0.4) is 0 Å². The third kappa shape index (κ3) is 4.65. The molecule has 1 aromatic rings. The lowest BCUT2D eigenvalue weighted by Gasteiger charge is -1.94. The maximum Gasteiger partial charge on any atom is 0.185 e. The molecule has 0 spiro atoms. The molecule has 0 aromatic heterocycles. The van der Waals surface area contributed by atoms with Crippen LogP contribution in [0.2, 0.25) is 0 Å². The van der Waals surface area contributed by atoms with Crippen molar-refractivity contribution in [1.29, 1.82) is 0 Å². The van der Waals surface area contributed by atoms with Gasteiger partial charge in [0.2, 0.25) is 0 Å². The van der Waals surface area contributed by atoms with Crippen LogP contribution in [0.4, 0.5) is 0 Å². The standard InChI is InChI=1S/C11H7BrCl2O/c12-9-6-4-8(5-7-9)10(15)2-1-3-11(13)14/h1-7H/b2-1+. The zero-order valence-electron chi connectivity index (χ0n) is 7.58. The highest BCUT2D eigenvalue weighted by Crippen LogP contribution is 2.11. The fraction of sp³-hybridized carbons (Fsp3) is 0. The first kappa shape index (κ1) is 12.5. The van der Waals surface area contributed by atoms with Gasteiger partial charge < -0.3 is 0 Å². The Morgan fingerprint density at radius 3 is 2.33 bits per heavy atom. The Morgan fingerprint density at radius 1 is 1.20 bits per heavy atom. The Labute approximate surface area is 107 Å². The van der Waals surface area contributed by atoms with Crippen LogP contribution in [-0.2, 0) is 0 Å². The topological polar surface area (TPSA) is 17.1 Å². The summed E-state index contributed by atoms with van der Waals surface area (Å²) in [6, 6.07) is 7.10. The zero-order valence-corrected chi connectivity index (χ0v) is 10.7. The summed E-state index contributed by atoms with van der Waals surface area (Å²) in [6.45, 7) is 0. The number of ketones is 1. The first-order valence-electron chi connectivity index (χ1n) is 4.09. The first-order chi connectivity index (χ1) is 7.09. The van der Waals surface area contributed by atoms with Gasteiger partial charge in [-0.3, -0.25) is 4.79 Å². The number of carbonyl (C=O) groups is 1. The zero-order chi connectivity index (χ0) is 11.3. The van der Waals surface area contributed by atoms with E-state index in [1.54, 1.807) is 12.1 Å². The quantitative estimate of drug-likeness (QED) is 0.456. The van der Waals surface area contributed by atoms with Gasteiger partial charge in [-0.25, -0.2) is 0 Å². The average molecular weight is 306 g/mol. The van der Waals surface area contributed by atoms with E-state index < -0.39 is 0 Å². The summed E-state index contributed by atoms with van der Waals surface area (Å²) >= 11 is 14.1. The predicted molar refractivity (Wildman–Crippen MR) is 67.4 cm³/mol. The minimum atomic E-state index is -0.0895. The lowest BCUT2D eigenvalue weighted by atomic mass is 10.1. The predicted octanol–water partition coefficient (Wildman–Crippen LogP) is 4.51. The fourth-order valence-electron chi connectivity index (χ4n) is 0.919.